The summed E-state index contributed by atoms with van der Waals surface area (Å²) in [5, 5.41) is 8.99. The molecule has 0 aromatic carbocycles. The highest BCUT2D eigenvalue weighted by molar-refractivity contribution is 5.68. The number of carboxylic acids is 1. The van der Waals surface area contributed by atoms with Crippen molar-refractivity contribution in [2.24, 2.45) is 5.41 Å². The number of carboxylic acid groups (broad SMARTS) is 1. The first-order chi connectivity index (χ1) is 8.56. The molecule has 106 valence electrons. The monoisotopic (exact) mass is 257 g/mol. The molecule has 0 unspecified atom stereocenters. The number of carbonyl (C=O) groups is 1. The molecular weight excluding hydrogens is 230 g/mol. The summed E-state index contributed by atoms with van der Waals surface area (Å²) in [5.74, 6) is -0.663. The molecule has 4 nitrogen and oxygen atoms in total. The number of methoxy groups -OCH3 is 1. The first-order valence-corrected chi connectivity index (χ1v) is 7.01. The number of aliphatic carboxylic acids is 1. The smallest absolute Gasteiger partial charge is 0.303 e. The van der Waals surface area contributed by atoms with Crippen LogP contribution in [0.15, 0.2) is 0 Å². The molecule has 1 aliphatic carbocycles. The van der Waals surface area contributed by atoms with Crippen molar-refractivity contribution in [1.82, 2.24) is 4.90 Å². The van der Waals surface area contributed by atoms with Crippen LogP contribution in [-0.4, -0.2) is 48.8 Å². The molecule has 0 aromatic rings. The van der Waals surface area contributed by atoms with E-state index in [1.807, 2.05) is 0 Å². The minimum Gasteiger partial charge on any atom is -0.481 e. The van der Waals surface area contributed by atoms with Crippen LogP contribution >= 0.6 is 0 Å². The van der Waals surface area contributed by atoms with Crippen molar-refractivity contribution in [1.29, 1.82) is 0 Å². The van der Waals surface area contributed by atoms with E-state index in [0.717, 1.165) is 45.4 Å². The summed E-state index contributed by atoms with van der Waals surface area (Å²) in [6.45, 7) is 6.94. The van der Waals surface area contributed by atoms with Crippen molar-refractivity contribution in [2.75, 3.05) is 26.8 Å². The van der Waals surface area contributed by atoms with Gasteiger partial charge in [0.2, 0.25) is 0 Å². The van der Waals surface area contributed by atoms with Gasteiger partial charge in [0, 0.05) is 26.2 Å². The SMILES string of the molecule is CCC(CC)N(CCOC)CC1(CC(=O)O)CC1. The molecule has 1 saturated carbocycles. The van der Waals surface area contributed by atoms with Gasteiger partial charge in [-0.05, 0) is 31.1 Å². The summed E-state index contributed by atoms with van der Waals surface area (Å²) in [6.07, 6.45) is 4.66. The highest BCUT2D eigenvalue weighted by atomic mass is 16.5. The largest absolute Gasteiger partial charge is 0.481 e. The molecule has 0 aliphatic heterocycles. The van der Waals surface area contributed by atoms with E-state index in [1.165, 1.54) is 0 Å². The Kier molecular flexibility index (Phi) is 6.09. The number of hydrogen-bond acceptors (Lipinski definition) is 3. The zero-order valence-corrected chi connectivity index (χ0v) is 11.9. The van der Waals surface area contributed by atoms with Crippen molar-refractivity contribution in [3.63, 3.8) is 0 Å². The van der Waals surface area contributed by atoms with Crippen molar-refractivity contribution < 1.29 is 14.6 Å². The van der Waals surface area contributed by atoms with Gasteiger partial charge in [-0.15, -0.1) is 0 Å². The maximum absolute atomic E-state index is 10.9. The Bertz CT molecular complexity index is 260. The van der Waals surface area contributed by atoms with Crippen LogP contribution in [0.5, 0.6) is 0 Å². The molecule has 1 rings (SSSR count). The van der Waals surface area contributed by atoms with Crippen LogP contribution in [0.25, 0.3) is 0 Å². The summed E-state index contributed by atoms with van der Waals surface area (Å²) in [6, 6.07) is 0.548. The first kappa shape index (κ1) is 15.4. The fourth-order valence-electron chi connectivity index (χ4n) is 2.72. The second-order valence-corrected chi connectivity index (χ2v) is 5.50. The standard InChI is InChI=1S/C14H27NO3/c1-4-12(5-2)15(8-9-18-3)11-14(6-7-14)10-13(16)17/h12H,4-11H2,1-3H3,(H,16,17). The van der Waals surface area contributed by atoms with Crippen molar-refractivity contribution in [3.8, 4) is 0 Å². The zero-order chi connectivity index (χ0) is 13.6. The van der Waals surface area contributed by atoms with Gasteiger partial charge >= 0.3 is 5.97 Å². The van der Waals surface area contributed by atoms with Gasteiger partial charge < -0.3 is 9.84 Å². The molecule has 1 aliphatic rings. The van der Waals surface area contributed by atoms with Gasteiger partial charge in [-0.1, -0.05) is 13.8 Å². The molecule has 0 spiro atoms. The maximum atomic E-state index is 10.9. The highest BCUT2D eigenvalue weighted by Crippen LogP contribution is 2.49. The quantitative estimate of drug-likeness (QED) is 0.653. The van der Waals surface area contributed by atoms with Gasteiger partial charge in [-0.25, -0.2) is 0 Å². The number of hydrogen-bond donors (Lipinski definition) is 1. The Labute approximate surface area is 110 Å². The fourth-order valence-corrected chi connectivity index (χ4v) is 2.72. The molecule has 18 heavy (non-hydrogen) atoms. The van der Waals surface area contributed by atoms with Gasteiger partial charge in [0.15, 0.2) is 0 Å². The second kappa shape index (κ2) is 7.10. The molecule has 0 heterocycles. The average molecular weight is 257 g/mol. The zero-order valence-electron chi connectivity index (χ0n) is 11.9. The predicted octanol–water partition coefficient (Wildman–Crippen LogP) is 2.38. The highest BCUT2D eigenvalue weighted by Gasteiger charge is 2.46. The Balaban J connectivity index is 2.57. The van der Waals surface area contributed by atoms with E-state index in [9.17, 15) is 4.79 Å². The lowest BCUT2D eigenvalue weighted by atomic mass is 9.99. The molecule has 0 aromatic heterocycles. The van der Waals surface area contributed by atoms with E-state index >= 15 is 0 Å². The predicted molar refractivity (Wildman–Crippen MR) is 71.7 cm³/mol. The van der Waals surface area contributed by atoms with E-state index in [-0.39, 0.29) is 5.41 Å². The first-order valence-electron chi connectivity index (χ1n) is 7.01. The van der Waals surface area contributed by atoms with E-state index in [0.29, 0.717) is 12.5 Å². The minimum absolute atomic E-state index is 0.0438. The summed E-state index contributed by atoms with van der Waals surface area (Å²) < 4.78 is 5.17. The fraction of sp³-hybridized carbons (Fsp3) is 0.929. The van der Waals surface area contributed by atoms with Crippen LogP contribution in [0, 0.1) is 5.41 Å². The van der Waals surface area contributed by atoms with Crippen LogP contribution in [0.2, 0.25) is 0 Å². The van der Waals surface area contributed by atoms with Crippen LogP contribution in [0.4, 0.5) is 0 Å². The molecule has 0 bridgehead atoms. The molecule has 1 fully saturated rings. The molecule has 0 saturated heterocycles. The van der Waals surface area contributed by atoms with Crippen molar-refractivity contribution >= 4 is 5.97 Å². The maximum Gasteiger partial charge on any atom is 0.303 e. The third-order valence-corrected chi connectivity index (χ3v) is 4.06. The minimum atomic E-state index is -0.663. The second-order valence-electron chi connectivity index (χ2n) is 5.50. The van der Waals surface area contributed by atoms with Gasteiger partial charge in [0.1, 0.15) is 0 Å². The Hall–Kier alpha value is -0.610. The third kappa shape index (κ3) is 4.58. The molecule has 0 atom stereocenters. The number of ether oxygens (including phenoxy) is 1. The lowest BCUT2D eigenvalue weighted by Crippen LogP contribution is -2.41. The topological polar surface area (TPSA) is 49.8 Å². The van der Waals surface area contributed by atoms with Crippen LogP contribution in [0.3, 0.4) is 0 Å². The normalized spacial score (nSPS) is 17.4. The van der Waals surface area contributed by atoms with Crippen LogP contribution < -0.4 is 0 Å². The lowest BCUT2D eigenvalue weighted by Gasteiger charge is -2.33. The van der Waals surface area contributed by atoms with E-state index < -0.39 is 5.97 Å². The number of nitrogens with zero attached hydrogens (tertiary/aromatic N) is 1. The summed E-state index contributed by atoms with van der Waals surface area (Å²) in [4.78, 5) is 13.3. The van der Waals surface area contributed by atoms with Crippen molar-refractivity contribution in [3.05, 3.63) is 0 Å². The van der Waals surface area contributed by atoms with Crippen molar-refractivity contribution in [2.45, 2.75) is 52.0 Å². The van der Waals surface area contributed by atoms with E-state index in [1.54, 1.807) is 7.11 Å². The Morgan fingerprint density at radius 3 is 2.39 bits per heavy atom. The molecule has 1 N–H and O–H groups in total. The van der Waals surface area contributed by atoms with E-state index in [4.69, 9.17) is 9.84 Å². The third-order valence-electron chi connectivity index (χ3n) is 4.06. The van der Waals surface area contributed by atoms with Crippen LogP contribution in [0.1, 0.15) is 46.0 Å². The Morgan fingerprint density at radius 2 is 2.00 bits per heavy atom. The molecular formula is C14H27NO3. The molecule has 0 amide bonds. The summed E-state index contributed by atoms with van der Waals surface area (Å²) in [7, 11) is 1.72. The van der Waals surface area contributed by atoms with Gasteiger partial charge in [-0.2, -0.15) is 0 Å². The molecule has 4 heteroatoms. The number of rotatable bonds is 10. The average Bonchev–Trinajstić information content (AvgIpc) is 3.06. The van der Waals surface area contributed by atoms with Gasteiger partial charge in [-0.3, -0.25) is 9.69 Å². The van der Waals surface area contributed by atoms with Gasteiger partial charge in [0.05, 0.1) is 13.0 Å². The van der Waals surface area contributed by atoms with Gasteiger partial charge in [0.25, 0.3) is 0 Å². The van der Waals surface area contributed by atoms with E-state index in [2.05, 4.69) is 18.7 Å². The molecule has 0 radical (unpaired) electrons. The van der Waals surface area contributed by atoms with Crippen LogP contribution in [-0.2, 0) is 9.53 Å². The summed E-state index contributed by atoms with van der Waals surface area (Å²) >= 11 is 0. The lowest BCUT2D eigenvalue weighted by molar-refractivity contribution is -0.138. The summed E-state index contributed by atoms with van der Waals surface area (Å²) in [5.41, 5.74) is 0.0438. The Morgan fingerprint density at radius 1 is 1.39 bits per heavy atom.